The van der Waals surface area contributed by atoms with Gasteiger partial charge in [-0.15, -0.1) is 0 Å². The Balaban J connectivity index is 2.20. The Morgan fingerprint density at radius 1 is 1.40 bits per heavy atom. The molecule has 0 saturated heterocycles. The van der Waals surface area contributed by atoms with E-state index in [1.165, 1.54) is 6.20 Å². The van der Waals surface area contributed by atoms with Crippen LogP contribution in [0.3, 0.4) is 0 Å². The van der Waals surface area contributed by atoms with Gasteiger partial charge in [-0.1, -0.05) is 0 Å². The zero-order valence-corrected chi connectivity index (χ0v) is 10.3. The molecule has 106 valence electrons. The average Bonchev–Trinajstić information content (AvgIpc) is 2.83. The summed E-state index contributed by atoms with van der Waals surface area (Å²) in [5, 5.41) is 17.7. The van der Waals surface area contributed by atoms with Crippen LogP contribution in [0.25, 0.3) is 0 Å². The summed E-state index contributed by atoms with van der Waals surface area (Å²) in [6.45, 7) is 1.75. The van der Waals surface area contributed by atoms with Crippen LogP contribution in [0.15, 0.2) is 12.3 Å². The summed E-state index contributed by atoms with van der Waals surface area (Å²) in [5.74, 6) is -7.24. The number of amides is 1. The molecule has 0 saturated carbocycles. The molecule has 0 radical (unpaired) electrons. The Kier molecular flexibility index (Phi) is 3.64. The highest BCUT2D eigenvalue weighted by Crippen LogP contribution is 2.25. The Labute approximate surface area is 111 Å². The van der Waals surface area contributed by atoms with Crippen molar-refractivity contribution in [1.29, 1.82) is 0 Å². The molecule has 0 unspecified atom stereocenters. The number of hydrogen-bond acceptors (Lipinski definition) is 3. The molecule has 8 heteroatoms. The van der Waals surface area contributed by atoms with E-state index >= 15 is 0 Å². The Morgan fingerprint density at radius 3 is 2.70 bits per heavy atom. The van der Waals surface area contributed by atoms with Crippen LogP contribution in [-0.4, -0.2) is 21.2 Å². The van der Waals surface area contributed by atoms with Crippen molar-refractivity contribution in [2.24, 2.45) is 0 Å². The molecule has 0 spiro atoms. The number of aryl methyl sites for hydroxylation is 1. The number of rotatable bonds is 3. The first kappa shape index (κ1) is 13.9. The fraction of sp³-hybridized carbons (Fsp3) is 0.167. The smallest absolute Gasteiger partial charge is 0.254 e. The van der Waals surface area contributed by atoms with E-state index in [9.17, 15) is 18.0 Å². The van der Waals surface area contributed by atoms with Crippen molar-refractivity contribution in [2.75, 3.05) is 0 Å². The number of nitrogens with zero attached hydrogens (tertiary/aromatic N) is 1. The molecule has 20 heavy (non-hydrogen) atoms. The largest absolute Gasteiger partial charge is 0.503 e. The molecule has 1 heterocycles. The SMILES string of the molecule is Cc1[nH]ncc1CNC(=O)c1cc(F)c(F)c(O)c1F. The molecule has 2 aromatic rings. The molecule has 1 aromatic heterocycles. The van der Waals surface area contributed by atoms with Gasteiger partial charge in [0.05, 0.1) is 11.8 Å². The van der Waals surface area contributed by atoms with E-state index in [1.54, 1.807) is 6.92 Å². The van der Waals surface area contributed by atoms with Crippen molar-refractivity contribution in [3.05, 3.63) is 46.5 Å². The van der Waals surface area contributed by atoms with Crippen LogP contribution < -0.4 is 5.32 Å². The van der Waals surface area contributed by atoms with Crippen LogP contribution in [0, 0.1) is 24.4 Å². The van der Waals surface area contributed by atoms with Crippen molar-refractivity contribution in [2.45, 2.75) is 13.5 Å². The monoisotopic (exact) mass is 285 g/mol. The summed E-state index contributed by atoms with van der Waals surface area (Å²) in [6, 6.07) is 0.391. The lowest BCUT2D eigenvalue weighted by molar-refractivity contribution is 0.0945. The van der Waals surface area contributed by atoms with E-state index in [-0.39, 0.29) is 6.54 Å². The van der Waals surface area contributed by atoms with Gasteiger partial charge in [-0.3, -0.25) is 9.89 Å². The lowest BCUT2D eigenvalue weighted by Crippen LogP contribution is -2.24. The third-order valence-electron chi connectivity index (χ3n) is 2.75. The maximum Gasteiger partial charge on any atom is 0.254 e. The first-order valence-corrected chi connectivity index (χ1v) is 5.55. The third kappa shape index (κ3) is 2.44. The maximum atomic E-state index is 13.5. The van der Waals surface area contributed by atoms with Crippen molar-refractivity contribution < 1.29 is 23.1 Å². The molecule has 2 rings (SSSR count). The van der Waals surface area contributed by atoms with Gasteiger partial charge in [-0.25, -0.2) is 8.78 Å². The van der Waals surface area contributed by atoms with Gasteiger partial charge in [0.2, 0.25) is 5.82 Å². The van der Waals surface area contributed by atoms with Gasteiger partial charge in [-0.2, -0.15) is 9.49 Å². The Hall–Kier alpha value is -2.51. The lowest BCUT2D eigenvalue weighted by atomic mass is 10.1. The zero-order chi connectivity index (χ0) is 14.9. The van der Waals surface area contributed by atoms with E-state index in [1.807, 2.05) is 0 Å². The number of carbonyl (C=O) groups excluding carboxylic acids is 1. The van der Waals surface area contributed by atoms with E-state index in [2.05, 4.69) is 15.5 Å². The Bertz CT molecular complexity index is 670. The highest BCUT2D eigenvalue weighted by atomic mass is 19.2. The second kappa shape index (κ2) is 5.24. The van der Waals surface area contributed by atoms with Crippen molar-refractivity contribution >= 4 is 5.91 Å². The van der Waals surface area contributed by atoms with E-state index in [0.717, 1.165) is 0 Å². The summed E-state index contributed by atoms with van der Waals surface area (Å²) >= 11 is 0. The van der Waals surface area contributed by atoms with Gasteiger partial charge in [0.1, 0.15) is 0 Å². The number of hydrogen-bond donors (Lipinski definition) is 3. The van der Waals surface area contributed by atoms with Crippen LogP contribution in [0.2, 0.25) is 0 Å². The first-order valence-electron chi connectivity index (χ1n) is 5.55. The molecule has 0 atom stereocenters. The second-order valence-electron chi connectivity index (χ2n) is 4.09. The second-order valence-corrected chi connectivity index (χ2v) is 4.09. The fourth-order valence-electron chi connectivity index (χ4n) is 1.58. The van der Waals surface area contributed by atoms with E-state index in [0.29, 0.717) is 17.3 Å². The summed E-state index contributed by atoms with van der Waals surface area (Å²) in [4.78, 5) is 11.7. The summed E-state index contributed by atoms with van der Waals surface area (Å²) in [6.07, 6.45) is 1.47. The van der Waals surface area contributed by atoms with Gasteiger partial charge >= 0.3 is 0 Å². The van der Waals surface area contributed by atoms with Crippen LogP contribution in [0.4, 0.5) is 13.2 Å². The zero-order valence-electron chi connectivity index (χ0n) is 10.3. The minimum atomic E-state index is -1.73. The fourth-order valence-corrected chi connectivity index (χ4v) is 1.58. The van der Waals surface area contributed by atoms with Crippen molar-refractivity contribution in [3.63, 3.8) is 0 Å². The molecule has 0 fully saturated rings. The van der Waals surface area contributed by atoms with E-state index < -0.39 is 34.7 Å². The first-order chi connectivity index (χ1) is 9.41. The number of aromatic nitrogens is 2. The molecule has 1 amide bonds. The lowest BCUT2D eigenvalue weighted by Gasteiger charge is -2.07. The van der Waals surface area contributed by atoms with Crippen LogP contribution >= 0.6 is 0 Å². The normalized spacial score (nSPS) is 10.6. The van der Waals surface area contributed by atoms with E-state index in [4.69, 9.17) is 5.11 Å². The minimum absolute atomic E-state index is 0.0281. The number of nitrogens with one attached hydrogen (secondary N) is 2. The number of aromatic hydroxyl groups is 1. The highest BCUT2D eigenvalue weighted by Gasteiger charge is 2.22. The molecule has 0 aliphatic carbocycles. The van der Waals surface area contributed by atoms with Crippen LogP contribution in [-0.2, 0) is 6.54 Å². The van der Waals surface area contributed by atoms with Crippen LogP contribution in [0.5, 0.6) is 5.75 Å². The van der Waals surface area contributed by atoms with Gasteiger partial charge in [0, 0.05) is 17.8 Å². The third-order valence-corrected chi connectivity index (χ3v) is 2.75. The van der Waals surface area contributed by atoms with Gasteiger partial charge in [-0.05, 0) is 13.0 Å². The predicted molar refractivity (Wildman–Crippen MR) is 62.5 cm³/mol. The number of phenolic OH excluding ortho intramolecular Hbond substituents is 1. The molecular weight excluding hydrogens is 275 g/mol. The van der Waals surface area contributed by atoms with Gasteiger partial charge in [0.25, 0.3) is 5.91 Å². The number of benzene rings is 1. The number of aromatic amines is 1. The molecule has 0 bridgehead atoms. The molecule has 5 nitrogen and oxygen atoms in total. The topological polar surface area (TPSA) is 78.0 Å². The Morgan fingerprint density at radius 2 is 2.10 bits per heavy atom. The van der Waals surface area contributed by atoms with Gasteiger partial charge in [0.15, 0.2) is 17.4 Å². The summed E-state index contributed by atoms with van der Waals surface area (Å²) in [5.41, 5.74) is 0.590. The highest BCUT2D eigenvalue weighted by molar-refractivity contribution is 5.94. The number of carbonyl (C=O) groups is 1. The molecule has 0 aliphatic heterocycles. The predicted octanol–water partition coefficient (Wildman–Crippen LogP) is 1.77. The number of H-pyrrole nitrogens is 1. The minimum Gasteiger partial charge on any atom is -0.503 e. The van der Waals surface area contributed by atoms with Crippen molar-refractivity contribution in [3.8, 4) is 5.75 Å². The summed E-state index contributed by atoms with van der Waals surface area (Å²) < 4.78 is 39.5. The average molecular weight is 285 g/mol. The molecule has 1 aromatic carbocycles. The number of phenols is 1. The number of halogens is 3. The standard InChI is InChI=1S/C12H10F3N3O2/c1-5-6(4-17-18-5)3-16-12(20)7-2-8(13)10(15)11(19)9(7)14/h2,4,19H,3H2,1H3,(H,16,20)(H,17,18). The quantitative estimate of drug-likeness (QED) is 0.752. The molecular formula is C12H10F3N3O2. The molecule has 0 aliphatic rings. The molecule has 3 N–H and O–H groups in total. The maximum absolute atomic E-state index is 13.5. The van der Waals surface area contributed by atoms with Crippen LogP contribution in [0.1, 0.15) is 21.6 Å². The summed E-state index contributed by atoms with van der Waals surface area (Å²) in [7, 11) is 0. The van der Waals surface area contributed by atoms with Crippen molar-refractivity contribution in [1.82, 2.24) is 15.5 Å². The van der Waals surface area contributed by atoms with Gasteiger partial charge < -0.3 is 10.4 Å².